The highest BCUT2D eigenvalue weighted by Crippen LogP contribution is 2.31. The molecule has 2 N–H and O–H groups in total. The number of rotatable bonds is 1. The Morgan fingerprint density at radius 1 is 1.40 bits per heavy atom. The number of fused-ring (bicyclic) bond motifs is 1. The van der Waals surface area contributed by atoms with Crippen molar-refractivity contribution < 1.29 is 9.53 Å². The number of hydrogen-bond donors (Lipinski definition) is 2. The zero-order valence-electron chi connectivity index (χ0n) is 9.67. The lowest BCUT2D eigenvalue weighted by molar-refractivity contribution is 0.0505. The van der Waals surface area contributed by atoms with Gasteiger partial charge in [-0.15, -0.1) is 0 Å². The van der Waals surface area contributed by atoms with Crippen LogP contribution in [0.5, 0.6) is 0 Å². The third-order valence-corrected chi connectivity index (χ3v) is 3.06. The first-order chi connectivity index (χ1) is 6.94. The van der Waals surface area contributed by atoms with Crippen molar-refractivity contribution in [1.82, 2.24) is 10.6 Å². The van der Waals surface area contributed by atoms with Gasteiger partial charge in [-0.3, -0.25) is 0 Å². The van der Waals surface area contributed by atoms with Gasteiger partial charge in [0.05, 0.1) is 0 Å². The normalized spacial score (nSPS) is 34.2. The van der Waals surface area contributed by atoms with Gasteiger partial charge in [0.1, 0.15) is 5.60 Å². The second kappa shape index (κ2) is 3.67. The molecule has 1 aliphatic carbocycles. The molecule has 1 saturated heterocycles. The molecule has 0 bridgehead atoms. The van der Waals surface area contributed by atoms with Crippen molar-refractivity contribution >= 4 is 6.09 Å². The predicted molar refractivity (Wildman–Crippen MR) is 57.7 cm³/mol. The predicted octanol–water partition coefficient (Wildman–Crippen LogP) is 1.26. The average Bonchev–Trinajstić information content (AvgIpc) is 2.26. The van der Waals surface area contributed by atoms with Crippen molar-refractivity contribution in [2.45, 2.75) is 51.3 Å². The minimum atomic E-state index is -0.403. The molecular weight excluding hydrogens is 192 g/mol. The maximum atomic E-state index is 11.5. The van der Waals surface area contributed by atoms with Gasteiger partial charge in [0.15, 0.2) is 0 Å². The molecule has 0 radical (unpaired) electrons. The Hall–Kier alpha value is -0.770. The standard InChI is InChI=1S/C11H20N2O2/c1-11(2,3)15-10(14)13-8-4-7-6-12-9(7)5-8/h7-9,12H,4-6H2,1-3H3,(H,13,14)/t7-,8-,9+/m1/s1. The second-order valence-electron chi connectivity index (χ2n) is 5.59. The van der Waals surface area contributed by atoms with Crippen LogP contribution in [0.3, 0.4) is 0 Å². The second-order valence-corrected chi connectivity index (χ2v) is 5.59. The van der Waals surface area contributed by atoms with Gasteiger partial charge in [0, 0.05) is 12.1 Å². The summed E-state index contributed by atoms with van der Waals surface area (Å²) in [6.45, 7) is 6.75. The molecule has 1 heterocycles. The lowest BCUT2D eigenvalue weighted by Gasteiger charge is -2.31. The molecule has 86 valence electrons. The molecule has 1 amide bonds. The van der Waals surface area contributed by atoms with Crippen LogP contribution < -0.4 is 10.6 Å². The molecule has 0 aromatic heterocycles. The van der Waals surface area contributed by atoms with Crippen LogP contribution in [0.15, 0.2) is 0 Å². The average molecular weight is 212 g/mol. The molecule has 2 fully saturated rings. The number of ether oxygens (including phenoxy) is 1. The van der Waals surface area contributed by atoms with E-state index in [-0.39, 0.29) is 6.09 Å². The summed E-state index contributed by atoms with van der Waals surface area (Å²) in [5.74, 6) is 0.768. The van der Waals surface area contributed by atoms with Gasteiger partial charge in [0.2, 0.25) is 0 Å². The van der Waals surface area contributed by atoms with Crippen LogP contribution in [-0.4, -0.2) is 30.3 Å². The van der Waals surface area contributed by atoms with Gasteiger partial charge < -0.3 is 15.4 Å². The highest BCUT2D eigenvalue weighted by atomic mass is 16.6. The number of carbonyl (C=O) groups excluding carboxylic acids is 1. The van der Waals surface area contributed by atoms with E-state index in [1.54, 1.807) is 0 Å². The Bertz CT molecular complexity index is 248. The van der Waals surface area contributed by atoms with Crippen molar-refractivity contribution in [3.05, 3.63) is 0 Å². The monoisotopic (exact) mass is 212 g/mol. The summed E-state index contributed by atoms with van der Waals surface area (Å²) in [4.78, 5) is 11.5. The third-order valence-electron chi connectivity index (χ3n) is 3.06. The van der Waals surface area contributed by atoms with Crippen molar-refractivity contribution in [3.8, 4) is 0 Å². The van der Waals surface area contributed by atoms with E-state index in [2.05, 4.69) is 10.6 Å². The van der Waals surface area contributed by atoms with Crippen LogP contribution in [-0.2, 0) is 4.74 Å². The molecule has 1 saturated carbocycles. The van der Waals surface area contributed by atoms with Crippen molar-refractivity contribution in [3.63, 3.8) is 0 Å². The highest BCUT2D eigenvalue weighted by Gasteiger charge is 2.40. The summed E-state index contributed by atoms with van der Waals surface area (Å²) in [5, 5.41) is 6.30. The molecule has 3 atom stereocenters. The first kappa shape index (κ1) is 10.7. The minimum Gasteiger partial charge on any atom is -0.444 e. The Kier molecular flexibility index (Phi) is 2.63. The summed E-state index contributed by atoms with van der Waals surface area (Å²) < 4.78 is 5.22. The number of alkyl carbamates (subject to hydrolysis) is 1. The number of nitrogens with one attached hydrogen (secondary N) is 2. The highest BCUT2D eigenvalue weighted by molar-refractivity contribution is 5.68. The number of carbonyl (C=O) groups is 1. The Labute approximate surface area is 90.8 Å². The lowest BCUT2D eigenvalue weighted by atomic mass is 9.96. The Balaban J connectivity index is 1.75. The smallest absolute Gasteiger partial charge is 0.407 e. The first-order valence-electron chi connectivity index (χ1n) is 5.67. The fourth-order valence-electron chi connectivity index (χ4n) is 2.33. The third kappa shape index (κ3) is 2.62. The van der Waals surface area contributed by atoms with E-state index in [0.717, 1.165) is 25.3 Å². The van der Waals surface area contributed by atoms with E-state index in [1.165, 1.54) is 0 Å². The topological polar surface area (TPSA) is 50.4 Å². The van der Waals surface area contributed by atoms with Crippen LogP contribution in [0, 0.1) is 5.92 Å². The number of hydrogen-bond acceptors (Lipinski definition) is 3. The quantitative estimate of drug-likeness (QED) is 0.688. The van der Waals surface area contributed by atoms with Gasteiger partial charge in [-0.25, -0.2) is 4.79 Å². The lowest BCUT2D eigenvalue weighted by Crippen LogP contribution is -2.49. The van der Waals surface area contributed by atoms with Crippen LogP contribution in [0.2, 0.25) is 0 Å². The van der Waals surface area contributed by atoms with Crippen molar-refractivity contribution in [2.24, 2.45) is 5.92 Å². The summed E-state index contributed by atoms with van der Waals surface area (Å²) in [5.41, 5.74) is -0.403. The van der Waals surface area contributed by atoms with Gasteiger partial charge in [-0.1, -0.05) is 0 Å². The van der Waals surface area contributed by atoms with E-state index in [1.807, 2.05) is 20.8 Å². The fourth-order valence-corrected chi connectivity index (χ4v) is 2.33. The largest absolute Gasteiger partial charge is 0.444 e. The van der Waals surface area contributed by atoms with Gasteiger partial charge in [-0.05, 0) is 46.1 Å². The van der Waals surface area contributed by atoms with Crippen LogP contribution >= 0.6 is 0 Å². The molecule has 0 unspecified atom stereocenters. The summed E-state index contributed by atoms with van der Waals surface area (Å²) in [6.07, 6.45) is 1.86. The van der Waals surface area contributed by atoms with E-state index in [0.29, 0.717) is 12.1 Å². The minimum absolute atomic E-state index is 0.284. The van der Waals surface area contributed by atoms with Crippen LogP contribution in [0.1, 0.15) is 33.6 Å². The summed E-state index contributed by atoms with van der Waals surface area (Å²) in [6, 6.07) is 0.926. The maximum absolute atomic E-state index is 11.5. The Morgan fingerprint density at radius 2 is 2.13 bits per heavy atom. The van der Waals surface area contributed by atoms with Crippen molar-refractivity contribution in [1.29, 1.82) is 0 Å². The van der Waals surface area contributed by atoms with Gasteiger partial charge in [-0.2, -0.15) is 0 Å². The molecule has 1 aliphatic heterocycles. The molecule has 0 aromatic rings. The fraction of sp³-hybridized carbons (Fsp3) is 0.909. The van der Waals surface area contributed by atoms with Crippen LogP contribution in [0.25, 0.3) is 0 Å². The van der Waals surface area contributed by atoms with E-state index < -0.39 is 5.60 Å². The molecular formula is C11H20N2O2. The summed E-state index contributed by atoms with van der Waals surface area (Å²) in [7, 11) is 0. The molecule has 0 aromatic carbocycles. The molecule has 2 aliphatic rings. The Morgan fingerprint density at radius 3 is 2.53 bits per heavy atom. The maximum Gasteiger partial charge on any atom is 0.407 e. The zero-order valence-corrected chi connectivity index (χ0v) is 9.67. The molecule has 4 heteroatoms. The van der Waals surface area contributed by atoms with Gasteiger partial charge >= 0.3 is 6.09 Å². The number of amides is 1. The van der Waals surface area contributed by atoms with Crippen molar-refractivity contribution in [2.75, 3.05) is 6.54 Å². The summed E-state index contributed by atoms with van der Waals surface area (Å²) >= 11 is 0. The van der Waals surface area contributed by atoms with E-state index in [4.69, 9.17) is 4.74 Å². The van der Waals surface area contributed by atoms with E-state index in [9.17, 15) is 4.79 Å². The molecule has 2 rings (SSSR count). The molecule has 15 heavy (non-hydrogen) atoms. The van der Waals surface area contributed by atoms with E-state index >= 15 is 0 Å². The van der Waals surface area contributed by atoms with Gasteiger partial charge in [0.25, 0.3) is 0 Å². The zero-order chi connectivity index (χ0) is 11.1. The van der Waals surface area contributed by atoms with Crippen LogP contribution in [0.4, 0.5) is 4.79 Å². The molecule has 4 nitrogen and oxygen atoms in total. The first-order valence-corrected chi connectivity index (χ1v) is 5.67. The SMILES string of the molecule is CC(C)(C)OC(=O)N[C@@H]1C[C@@H]2CN[C@H]2C1. The molecule has 0 spiro atoms.